The number of rotatable bonds is 8. The summed E-state index contributed by atoms with van der Waals surface area (Å²) < 4.78 is 38.1. The van der Waals surface area contributed by atoms with Gasteiger partial charge in [0.15, 0.2) is 4.21 Å². The molecule has 9 nitrogen and oxygen atoms in total. The normalized spacial score (nSPS) is 11.9. The molecule has 1 aromatic heterocycles. The lowest BCUT2D eigenvalue weighted by Gasteiger charge is -2.17. The molecule has 0 aliphatic heterocycles. The van der Waals surface area contributed by atoms with E-state index < -0.39 is 32.1 Å². The summed E-state index contributed by atoms with van der Waals surface area (Å²) in [4.78, 5) is 37.5. The first-order valence-corrected chi connectivity index (χ1v) is 12.7. The van der Waals surface area contributed by atoms with Crippen LogP contribution >= 0.6 is 11.3 Å². The number of carbonyl (C=O) groups excluding carboxylic acids is 3. The molecule has 1 unspecified atom stereocenters. The zero-order chi connectivity index (χ0) is 25.8. The number of benzene rings is 2. The Hall–Kier alpha value is -3.70. The molecule has 1 amide bonds. The van der Waals surface area contributed by atoms with Gasteiger partial charge in [-0.25, -0.2) is 18.0 Å². The standard InChI is InChI=1S/C24H24N2O7S2/c1-14-19(22(28)32-3)24(34-20(14)23(29)33-4)35(30,31)26-18-13-9-8-12-17(18)21(27)25-15(2)16-10-6-5-7-11-16/h5-13,15,26H,1-4H3,(H,25,27). The van der Waals surface area contributed by atoms with E-state index >= 15 is 0 Å². The minimum atomic E-state index is -4.40. The summed E-state index contributed by atoms with van der Waals surface area (Å²) in [5.74, 6) is -2.20. The number of hydrogen-bond donors (Lipinski definition) is 2. The first kappa shape index (κ1) is 25.9. The van der Waals surface area contributed by atoms with Crippen LogP contribution in [0.1, 0.15) is 54.5 Å². The Morgan fingerprint density at radius 3 is 2.14 bits per heavy atom. The molecule has 0 bridgehead atoms. The third kappa shape index (κ3) is 5.52. The van der Waals surface area contributed by atoms with Crippen molar-refractivity contribution in [1.29, 1.82) is 0 Å². The quantitative estimate of drug-likeness (QED) is 0.434. The molecule has 0 saturated carbocycles. The average Bonchev–Trinajstić information content (AvgIpc) is 3.21. The van der Waals surface area contributed by atoms with E-state index in [2.05, 4.69) is 10.0 Å². The van der Waals surface area contributed by atoms with Gasteiger partial charge in [-0.2, -0.15) is 0 Å². The van der Waals surface area contributed by atoms with Gasteiger partial charge in [0.1, 0.15) is 4.88 Å². The van der Waals surface area contributed by atoms with Crippen molar-refractivity contribution in [3.63, 3.8) is 0 Å². The van der Waals surface area contributed by atoms with Gasteiger partial charge in [0.25, 0.3) is 15.9 Å². The Bertz CT molecular complexity index is 1370. The zero-order valence-electron chi connectivity index (χ0n) is 19.4. The lowest BCUT2D eigenvalue weighted by molar-refractivity contribution is 0.0596. The van der Waals surface area contributed by atoms with Crippen molar-refractivity contribution in [3.05, 3.63) is 81.7 Å². The third-order valence-corrected chi connectivity index (χ3v) is 8.34. The molecule has 184 valence electrons. The van der Waals surface area contributed by atoms with Crippen LogP contribution in [-0.4, -0.2) is 40.5 Å². The number of methoxy groups -OCH3 is 2. The average molecular weight is 517 g/mol. The molecular weight excluding hydrogens is 492 g/mol. The molecule has 2 N–H and O–H groups in total. The fraction of sp³-hybridized carbons (Fsp3) is 0.208. The summed E-state index contributed by atoms with van der Waals surface area (Å²) in [6.07, 6.45) is 0. The molecule has 3 aromatic rings. The summed E-state index contributed by atoms with van der Waals surface area (Å²) in [5.41, 5.74) is 0.819. The molecule has 11 heteroatoms. The van der Waals surface area contributed by atoms with Gasteiger partial charge in [0, 0.05) is 0 Å². The third-order valence-electron chi connectivity index (χ3n) is 5.18. The molecule has 0 saturated heterocycles. The number of esters is 2. The fourth-order valence-electron chi connectivity index (χ4n) is 3.36. The number of thiophene rings is 1. The van der Waals surface area contributed by atoms with Crippen LogP contribution in [0.15, 0.2) is 58.8 Å². The van der Waals surface area contributed by atoms with E-state index in [9.17, 15) is 22.8 Å². The van der Waals surface area contributed by atoms with Crippen molar-refractivity contribution < 1.29 is 32.3 Å². The lowest BCUT2D eigenvalue weighted by Crippen LogP contribution is -2.28. The first-order valence-electron chi connectivity index (χ1n) is 10.4. The molecule has 1 atom stereocenters. The highest BCUT2D eigenvalue weighted by molar-refractivity contribution is 7.94. The molecule has 2 aromatic carbocycles. The maximum Gasteiger partial charge on any atom is 0.348 e. The summed E-state index contributed by atoms with van der Waals surface area (Å²) >= 11 is 0.584. The van der Waals surface area contributed by atoms with Crippen LogP contribution in [0, 0.1) is 6.92 Å². The SMILES string of the molecule is COC(=O)c1sc(S(=O)(=O)Nc2ccccc2C(=O)NC(C)c2ccccc2)c(C(=O)OC)c1C. The Kier molecular flexibility index (Phi) is 7.92. The molecule has 0 spiro atoms. The van der Waals surface area contributed by atoms with Crippen LogP contribution < -0.4 is 10.0 Å². The Morgan fingerprint density at radius 2 is 1.51 bits per heavy atom. The molecule has 3 rings (SSSR count). The Morgan fingerprint density at radius 1 is 0.914 bits per heavy atom. The number of carbonyl (C=O) groups is 3. The van der Waals surface area contributed by atoms with Crippen molar-refractivity contribution in [3.8, 4) is 0 Å². The van der Waals surface area contributed by atoms with Gasteiger partial charge in [0.2, 0.25) is 0 Å². The van der Waals surface area contributed by atoms with Crippen LogP contribution in [0.4, 0.5) is 5.69 Å². The van der Waals surface area contributed by atoms with Crippen molar-refractivity contribution in [2.24, 2.45) is 0 Å². The molecule has 0 radical (unpaired) electrons. The van der Waals surface area contributed by atoms with Gasteiger partial charge in [0.05, 0.1) is 37.1 Å². The molecule has 0 fully saturated rings. The van der Waals surface area contributed by atoms with E-state index in [1.165, 1.54) is 19.1 Å². The second kappa shape index (κ2) is 10.7. The number of ether oxygens (including phenoxy) is 2. The van der Waals surface area contributed by atoms with E-state index in [4.69, 9.17) is 9.47 Å². The summed E-state index contributed by atoms with van der Waals surface area (Å²) in [7, 11) is -2.14. The Balaban J connectivity index is 1.97. The molecule has 35 heavy (non-hydrogen) atoms. The van der Waals surface area contributed by atoms with Crippen LogP contribution in [0.3, 0.4) is 0 Å². The second-order valence-electron chi connectivity index (χ2n) is 7.46. The highest BCUT2D eigenvalue weighted by Gasteiger charge is 2.33. The maximum atomic E-state index is 13.3. The number of amides is 1. The van der Waals surface area contributed by atoms with Gasteiger partial charge < -0.3 is 14.8 Å². The maximum absolute atomic E-state index is 13.3. The van der Waals surface area contributed by atoms with Crippen LogP contribution in [-0.2, 0) is 19.5 Å². The van der Waals surface area contributed by atoms with E-state index in [1.807, 2.05) is 37.3 Å². The van der Waals surface area contributed by atoms with Crippen molar-refractivity contribution in [2.75, 3.05) is 18.9 Å². The summed E-state index contributed by atoms with van der Waals surface area (Å²) in [5, 5.41) is 2.85. The molecular formula is C24H24N2O7S2. The minimum Gasteiger partial charge on any atom is -0.465 e. The highest BCUT2D eigenvalue weighted by Crippen LogP contribution is 2.34. The number of hydrogen-bond acceptors (Lipinski definition) is 8. The zero-order valence-corrected chi connectivity index (χ0v) is 21.1. The number of nitrogens with one attached hydrogen (secondary N) is 2. The van der Waals surface area contributed by atoms with Crippen molar-refractivity contribution in [2.45, 2.75) is 24.1 Å². The predicted octanol–water partition coefficient (Wildman–Crippen LogP) is 3.92. The van der Waals surface area contributed by atoms with Gasteiger partial charge in [-0.15, -0.1) is 11.3 Å². The van der Waals surface area contributed by atoms with Gasteiger partial charge in [-0.1, -0.05) is 42.5 Å². The topological polar surface area (TPSA) is 128 Å². The second-order valence-corrected chi connectivity index (χ2v) is 10.4. The van der Waals surface area contributed by atoms with Gasteiger partial charge >= 0.3 is 11.9 Å². The first-order chi connectivity index (χ1) is 16.6. The van der Waals surface area contributed by atoms with Crippen molar-refractivity contribution >= 4 is 44.9 Å². The van der Waals surface area contributed by atoms with E-state index in [-0.39, 0.29) is 33.3 Å². The monoisotopic (exact) mass is 516 g/mol. The Labute approximate surface area is 207 Å². The molecule has 0 aliphatic rings. The van der Waals surface area contributed by atoms with Crippen LogP contribution in [0.2, 0.25) is 0 Å². The summed E-state index contributed by atoms with van der Waals surface area (Å²) in [6.45, 7) is 3.24. The van der Waals surface area contributed by atoms with Gasteiger partial charge in [-0.3, -0.25) is 9.52 Å². The van der Waals surface area contributed by atoms with E-state index in [0.717, 1.165) is 19.8 Å². The predicted molar refractivity (Wildman–Crippen MR) is 131 cm³/mol. The van der Waals surface area contributed by atoms with E-state index in [0.29, 0.717) is 11.3 Å². The van der Waals surface area contributed by atoms with Gasteiger partial charge in [-0.05, 0) is 37.1 Å². The number of anilines is 1. The number of para-hydroxylation sites is 1. The summed E-state index contributed by atoms with van der Waals surface area (Å²) in [6, 6.07) is 15.0. The molecule has 1 heterocycles. The van der Waals surface area contributed by atoms with Crippen LogP contribution in [0.5, 0.6) is 0 Å². The van der Waals surface area contributed by atoms with Crippen molar-refractivity contribution in [1.82, 2.24) is 5.32 Å². The largest absolute Gasteiger partial charge is 0.465 e. The van der Waals surface area contributed by atoms with E-state index in [1.54, 1.807) is 12.1 Å². The highest BCUT2D eigenvalue weighted by atomic mass is 32.2. The smallest absolute Gasteiger partial charge is 0.348 e. The number of sulfonamides is 1. The lowest BCUT2D eigenvalue weighted by atomic mass is 10.1. The minimum absolute atomic E-state index is 0.00625. The fourth-order valence-corrected chi connectivity index (χ4v) is 6.19. The van der Waals surface area contributed by atoms with Crippen LogP contribution in [0.25, 0.3) is 0 Å². The molecule has 0 aliphatic carbocycles.